The number of aryl methyl sites for hydroxylation is 1. The van der Waals surface area contributed by atoms with Crippen LogP contribution in [0.4, 0.5) is 13.2 Å². The van der Waals surface area contributed by atoms with E-state index in [1.165, 1.54) is 4.68 Å². The van der Waals surface area contributed by atoms with Gasteiger partial charge in [-0.2, -0.15) is 18.3 Å². The van der Waals surface area contributed by atoms with Crippen molar-refractivity contribution in [3.63, 3.8) is 0 Å². The number of fused-ring (bicyclic) bond motifs is 1. The molecule has 25 heavy (non-hydrogen) atoms. The van der Waals surface area contributed by atoms with E-state index in [4.69, 9.17) is 5.14 Å². The van der Waals surface area contributed by atoms with E-state index < -0.39 is 21.9 Å². The topological polar surface area (TPSA) is 78.0 Å². The van der Waals surface area contributed by atoms with Crippen LogP contribution in [0, 0.1) is 0 Å². The Balaban J connectivity index is 1.93. The molecule has 5 nitrogen and oxygen atoms in total. The summed E-state index contributed by atoms with van der Waals surface area (Å²) in [6.07, 6.45) is -1.70. The first-order chi connectivity index (χ1) is 11.6. The molecule has 1 aromatic carbocycles. The zero-order chi connectivity index (χ0) is 18.2. The predicted octanol–water partition coefficient (Wildman–Crippen LogP) is 2.60. The van der Waals surface area contributed by atoms with Crippen LogP contribution in [-0.4, -0.2) is 24.0 Å². The number of halogens is 3. The summed E-state index contributed by atoms with van der Waals surface area (Å²) in [5.74, 6) is -0.179. The van der Waals surface area contributed by atoms with Crippen LogP contribution in [0.25, 0.3) is 5.69 Å². The summed E-state index contributed by atoms with van der Waals surface area (Å²) in [5.41, 5.74) is 1.37. The van der Waals surface area contributed by atoms with Gasteiger partial charge in [-0.25, -0.2) is 18.2 Å². The van der Waals surface area contributed by atoms with Crippen molar-refractivity contribution in [1.29, 1.82) is 0 Å². The van der Waals surface area contributed by atoms with Gasteiger partial charge in [0.25, 0.3) is 0 Å². The molecule has 1 aliphatic rings. The van der Waals surface area contributed by atoms with Gasteiger partial charge in [-0.15, -0.1) is 0 Å². The zero-order valence-electron chi connectivity index (χ0n) is 13.4. The monoisotopic (exact) mass is 373 g/mol. The lowest BCUT2D eigenvalue weighted by atomic mass is 9.95. The molecule has 0 atom stereocenters. The minimum atomic E-state index is -4.47. The molecule has 9 heteroatoms. The van der Waals surface area contributed by atoms with E-state index in [9.17, 15) is 21.6 Å². The molecular weight excluding hydrogens is 355 g/mol. The smallest absolute Gasteiger partial charge is 0.237 e. The number of benzene rings is 1. The predicted molar refractivity (Wildman–Crippen MR) is 86.9 cm³/mol. The van der Waals surface area contributed by atoms with Crippen LogP contribution in [0.3, 0.4) is 0 Å². The molecule has 1 aliphatic carbocycles. The van der Waals surface area contributed by atoms with Gasteiger partial charge in [0.2, 0.25) is 10.0 Å². The number of sulfonamides is 1. The highest BCUT2D eigenvalue weighted by Crippen LogP contribution is 2.36. The van der Waals surface area contributed by atoms with Crippen LogP contribution >= 0.6 is 0 Å². The van der Waals surface area contributed by atoms with Crippen molar-refractivity contribution in [3.8, 4) is 5.69 Å². The van der Waals surface area contributed by atoms with Gasteiger partial charge >= 0.3 is 6.18 Å². The molecule has 136 valence electrons. The second kappa shape index (κ2) is 6.45. The molecule has 0 fully saturated rings. The molecule has 3 rings (SSSR count). The van der Waals surface area contributed by atoms with E-state index in [2.05, 4.69) is 5.10 Å². The van der Waals surface area contributed by atoms with E-state index in [1.54, 1.807) is 24.3 Å². The normalized spacial score (nSPS) is 15.2. The third-order valence-corrected chi connectivity index (χ3v) is 5.08. The van der Waals surface area contributed by atoms with Crippen molar-refractivity contribution in [1.82, 2.24) is 9.78 Å². The zero-order valence-corrected chi connectivity index (χ0v) is 14.2. The third-order valence-electron chi connectivity index (χ3n) is 4.30. The second-order valence-electron chi connectivity index (χ2n) is 6.17. The number of alkyl halides is 3. The maximum atomic E-state index is 13.2. The summed E-state index contributed by atoms with van der Waals surface area (Å²) in [5, 5.41) is 8.80. The van der Waals surface area contributed by atoms with Crippen molar-refractivity contribution in [2.45, 2.75) is 38.3 Å². The quantitative estimate of drug-likeness (QED) is 0.895. The summed E-state index contributed by atoms with van der Waals surface area (Å²) in [6.45, 7) is 0. The fourth-order valence-corrected chi connectivity index (χ4v) is 3.62. The number of rotatable bonds is 4. The molecule has 0 radical (unpaired) electrons. The van der Waals surface area contributed by atoms with E-state index >= 15 is 0 Å². The Kier molecular flexibility index (Phi) is 4.63. The summed E-state index contributed by atoms with van der Waals surface area (Å²) >= 11 is 0. The van der Waals surface area contributed by atoms with Gasteiger partial charge in [-0.05, 0) is 49.8 Å². The Bertz CT molecular complexity index is 871. The highest BCUT2D eigenvalue weighted by Gasteiger charge is 2.39. The number of nitrogens with two attached hydrogens (primary N) is 1. The van der Waals surface area contributed by atoms with Gasteiger partial charge in [0.15, 0.2) is 5.69 Å². The standard InChI is InChI=1S/C16H18F3N3O2S/c17-16(18,19)15-13-3-1-2-4-14(13)22(21-15)12-7-5-11(6-8-12)9-10-25(20,23)24/h5-8H,1-4,9-10H2,(H2,20,23,24). The van der Waals surface area contributed by atoms with Crippen LogP contribution in [0.2, 0.25) is 0 Å². The average molecular weight is 373 g/mol. The SMILES string of the molecule is NS(=O)(=O)CCc1ccc(-n2nc(C(F)(F)F)c3c2CCCC3)cc1. The van der Waals surface area contributed by atoms with Gasteiger partial charge in [0.1, 0.15) is 0 Å². The lowest BCUT2D eigenvalue weighted by Gasteiger charge is -2.15. The largest absolute Gasteiger partial charge is 0.435 e. The van der Waals surface area contributed by atoms with Gasteiger partial charge in [-0.1, -0.05) is 12.1 Å². The molecule has 0 saturated heterocycles. The maximum Gasteiger partial charge on any atom is 0.435 e. The molecular formula is C16H18F3N3O2S. The fourth-order valence-electron chi connectivity index (χ4n) is 3.10. The number of hydrogen-bond donors (Lipinski definition) is 1. The van der Waals surface area contributed by atoms with Crippen LogP contribution in [0.5, 0.6) is 0 Å². The maximum absolute atomic E-state index is 13.2. The van der Waals surface area contributed by atoms with E-state index in [1.807, 2.05) is 0 Å². The van der Waals surface area contributed by atoms with Crippen molar-refractivity contribution in [3.05, 3.63) is 46.8 Å². The summed E-state index contributed by atoms with van der Waals surface area (Å²) < 4.78 is 63.1. The number of hydrogen-bond acceptors (Lipinski definition) is 3. The molecule has 2 aromatic rings. The molecule has 0 unspecified atom stereocenters. The average Bonchev–Trinajstić information content (AvgIpc) is 2.93. The molecule has 0 saturated carbocycles. The Morgan fingerprint density at radius 2 is 1.76 bits per heavy atom. The molecule has 0 aliphatic heterocycles. The minimum Gasteiger partial charge on any atom is -0.237 e. The molecule has 1 heterocycles. The van der Waals surface area contributed by atoms with Gasteiger partial charge < -0.3 is 0 Å². The number of nitrogens with zero attached hydrogens (tertiary/aromatic N) is 2. The van der Waals surface area contributed by atoms with Gasteiger partial charge in [0.05, 0.1) is 11.4 Å². The van der Waals surface area contributed by atoms with Gasteiger partial charge in [-0.3, -0.25) is 0 Å². The summed E-state index contributed by atoms with van der Waals surface area (Å²) in [7, 11) is -3.55. The van der Waals surface area contributed by atoms with Crippen molar-refractivity contribution >= 4 is 10.0 Å². The van der Waals surface area contributed by atoms with Crippen molar-refractivity contribution in [2.24, 2.45) is 5.14 Å². The molecule has 0 spiro atoms. The van der Waals surface area contributed by atoms with E-state index in [0.717, 1.165) is 18.4 Å². The van der Waals surface area contributed by atoms with Gasteiger partial charge in [0, 0.05) is 11.3 Å². The first-order valence-corrected chi connectivity index (χ1v) is 9.64. The molecule has 0 amide bonds. The van der Waals surface area contributed by atoms with Crippen molar-refractivity contribution < 1.29 is 21.6 Å². The van der Waals surface area contributed by atoms with Crippen molar-refractivity contribution in [2.75, 3.05) is 5.75 Å². The van der Waals surface area contributed by atoms with Crippen LogP contribution < -0.4 is 5.14 Å². The Labute approximate surface area is 143 Å². The Morgan fingerprint density at radius 1 is 1.12 bits per heavy atom. The van der Waals surface area contributed by atoms with Crippen LogP contribution in [0.1, 0.15) is 35.4 Å². The first-order valence-electron chi connectivity index (χ1n) is 7.93. The van der Waals surface area contributed by atoms with Crippen LogP contribution in [-0.2, 0) is 35.5 Å². The van der Waals surface area contributed by atoms with E-state index in [-0.39, 0.29) is 17.7 Å². The Morgan fingerprint density at radius 3 is 2.36 bits per heavy atom. The molecule has 0 bridgehead atoms. The molecule has 1 aromatic heterocycles. The first kappa shape index (κ1) is 17.9. The fraction of sp³-hybridized carbons (Fsp3) is 0.438. The summed E-state index contributed by atoms with van der Waals surface area (Å²) in [4.78, 5) is 0. The third kappa shape index (κ3) is 4.04. The highest BCUT2D eigenvalue weighted by molar-refractivity contribution is 7.89. The number of primary sulfonamides is 1. The highest BCUT2D eigenvalue weighted by atomic mass is 32.2. The Hall–Kier alpha value is -1.87. The second-order valence-corrected chi connectivity index (χ2v) is 7.91. The lowest BCUT2D eigenvalue weighted by molar-refractivity contribution is -0.142. The number of aromatic nitrogens is 2. The molecule has 2 N–H and O–H groups in total. The lowest BCUT2D eigenvalue weighted by Crippen LogP contribution is -2.17. The minimum absolute atomic E-state index is 0.179. The van der Waals surface area contributed by atoms with E-state index in [0.29, 0.717) is 24.2 Å². The summed E-state index contributed by atoms with van der Waals surface area (Å²) in [6, 6.07) is 6.68. The van der Waals surface area contributed by atoms with Crippen LogP contribution in [0.15, 0.2) is 24.3 Å².